The summed E-state index contributed by atoms with van der Waals surface area (Å²) in [6, 6.07) is 14.8. The number of aromatic nitrogens is 4. The quantitative estimate of drug-likeness (QED) is 0.405. The Hall–Kier alpha value is -3.85. The normalized spacial score (nSPS) is 12.0. The Balaban J connectivity index is 1.54. The van der Waals surface area contributed by atoms with Gasteiger partial charge in [0.05, 0.1) is 43.6 Å². The fraction of sp³-hybridized carbons (Fsp3) is 0.292. The van der Waals surface area contributed by atoms with Gasteiger partial charge in [-0.3, -0.25) is 9.89 Å². The summed E-state index contributed by atoms with van der Waals surface area (Å²) >= 11 is 0. The van der Waals surface area contributed by atoms with Crippen LogP contribution in [0.25, 0.3) is 22.3 Å². The van der Waals surface area contributed by atoms with E-state index < -0.39 is 0 Å². The maximum Gasteiger partial charge on any atom is 0.269 e. The molecule has 9 heteroatoms. The van der Waals surface area contributed by atoms with Gasteiger partial charge in [0.25, 0.3) is 5.91 Å². The van der Waals surface area contributed by atoms with E-state index in [1.54, 1.807) is 33.5 Å². The van der Waals surface area contributed by atoms with Crippen LogP contribution in [-0.4, -0.2) is 53.6 Å². The molecule has 4 rings (SSSR count). The summed E-state index contributed by atoms with van der Waals surface area (Å²) < 4.78 is 18.0. The minimum absolute atomic E-state index is 0.271. The Morgan fingerprint density at radius 1 is 1.09 bits per heavy atom. The highest BCUT2D eigenvalue weighted by atomic mass is 16.5. The second kappa shape index (κ2) is 9.74. The van der Waals surface area contributed by atoms with E-state index >= 15 is 0 Å². The van der Waals surface area contributed by atoms with Crippen molar-refractivity contribution in [3.05, 3.63) is 60.0 Å². The molecule has 2 aromatic carbocycles. The molecular weight excluding hydrogens is 422 g/mol. The van der Waals surface area contributed by atoms with E-state index in [4.69, 9.17) is 19.2 Å². The minimum atomic E-state index is -0.324. The third-order valence-corrected chi connectivity index (χ3v) is 5.44. The second-order valence-electron chi connectivity index (χ2n) is 7.53. The second-order valence-corrected chi connectivity index (χ2v) is 7.53. The third kappa shape index (κ3) is 4.54. The van der Waals surface area contributed by atoms with Gasteiger partial charge in [0.2, 0.25) is 0 Å². The van der Waals surface area contributed by atoms with Gasteiger partial charge in [-0.2, -0.15) is 5.10 Å². The van der Waals surface area contributed by atoms with Crippen molar-refractivity contribution in [2.45, 2.75) is 19.5 Å². The maximum atomic E-state index is 12.9. The molecule has 0 radical (unpaired) electrons. The topological polar surface area (TPSA) is 103 Å². The van der Waals surface area contributed by atoms with Crippen LogP contribution in [0.4, 0.5) is 0 Å². The summed E-state index contributed by atoms with van der Waals surface area (Å²) in [5.74, 6) is 1.71. The van der Waals surface area contributed by atoms with Gasteiger partial charge in [0.15, 0.2) is 11.5 Å². The summed E-state index contributed by atoms with van der Waals surface area (Å²) in [4.78, 5) is 17.7. The summed E-state index contributed by atoms with van der Waals surface area (Å²) in [6.45, 7) is 3.09. The molecule has 0 aliphatic heterocycles. The Kier molecular flexibility index (Phi) is 6.60. The number of rotatable bonds is 9. The lowest BCUT2D eigenvalue weighted by atomic mass is 10.1. The molecule has 0 bridgehead atoms. The molecular formula is C24H27N5O4. The summed E-state index contributed by atoms with van der Waals surface area (Å²) in [5, 5.41) is 10.1. The molecule has 1 amide bonds. The molecule has 0 unspecified atom stereocenters. The van der Waals surface area contributed by atoms with Crippen LogP contribution in [0.5, 0.6) is 11.5 Å². The molecule has 0 saturated carbocycles. The Bertz CT molecular complexity index is 1260. The van der Waals surface area contributed by atoms with Crippen molar-refractivity contribution in [2.75, 3.05) is 27.9 Å². The molecule has 9 nitrogen and oxygen atoms in total. The number of carbonyl (C=O) groups excluding carboxylic acids is 1. The van der Waals surface area contributed by atoms with Gasteiger partial charge in [-0.05, 0) is 43.3 Å². The van der Waals surface area contributed by atoms with Crippen molar-refractivity contribution in [1.82, 2.24) is 25.1 Å². The first kappa shape index (κ1) is 22.3. The van der Waals surface area contributed by atoms with Crippen molar-refractivity contribution in [3.8, 4) is 22.8 Å². The number of para-hydroxylation sites is 2. The predicted molar refractivity (Wildman–Crippen MR) is 125 cm³/mol. The number of methoxy groups -OCH3 is 3. The average molecular weight is 450 g/mol. The fourth-order valence-corrected chi connectivity index (χ4v) is 3.76. The number of aromatic amines is 1. The maximum absolute atomic E-state index is 12.9. The van der Waals surface area contributed by atoms with Gasteiger partial charge in [-0.1, -0.05) is 12.1 Å². The molecule has 4 aromatic rings. The minimum Gasteiger partial charge on any atom is -0.493 e. The zero-order valence-electron chi connectivity index (χ0n) is 19.1. The van der Waals surface area contributed by atoms with E-state index in [0.29, 0.717) is 36.0 Å². The van der Waals surface area contributed by atoms with Crippen LogP contribution in [0.15, 0.2) is 48.5 Å². The van der Waals surface area contributed by atoms with Gasteiger partial charge >= 0.3 is 0 Å². The first-order valence-electron chi connectivity index (χ1n) is 10.6. The van der Waals surface area contributed by atoms with Gasteiger partial charge in [-0.25, -0.2) is 4.98 Å². The van der Waals surface area contributed by atoms with E-state index in [2.05, 4.69) is 20.1 Å². The highest BCUT2D eigenvalue weighted by Crippen LogP contribution is 2.31. The molecule has 0 fully saturated rings. The summed E-state index contributed by atoms with van der Waals surface area (Å²) in [6.07, 6.45) is 0. The van der Waals surface area contributed by atoms with Crippen LogP contribution in [0.1, 0.15) is 29.3 Å². The number of fused-ring (bicyclic) bond motifs is 1. The fourth-order valence-electron chi connectivity index (χ4n) is 3.76. The van der Waals surface area contributed by atoms with Gasteiger partial charge in [0, 0.05) is 19.2 Å². The third-order valence-electron chi connectivity index (χ3n) is 5.44. The number of H-pyrrole nitrogens is 1. The van der Waals surface area contributed by atoms with Crippen LogP contribution < -0.4 is 14.8 Å². The monoisotopic (exact) mass is 449 g/mol. The van der Waals surface area contributed by atoms with E-state index in [0.717, 1.165) is 22.4 Å². The lowest BCUT2D eigenvalue weighted by Crippen LogP contribution is -2.29. The van der Waals surface area contributed by atoms with Crippen LogP contribution in [0.2, 0.25) is 0 Å². The summed E-state index contributed by atoms with van der Waals surface area (Å²) in [5.41, 5.74) is 3.66. The molecule has 33 heavy (non-hydrogen) atoms. The number of ether oxygens (including phenoxy) is 3. The number of nitrogens with zero attached hydrogens (tertiary/aromatic N) is 3. The SMILES string of the molecule is COCCn1c([C@H](C)NC(=O)c2cc(-c3ccc(OC)c(OC)c3)n[nH]2)nc2ccccc21. The predicted octanol–water partition coefficient (Wildman–Crippen LogP) is 3.58. The van der Waals surface area contributed by atoms with Gasteiger partial charge < -0.3 is 24.1 Å². The van der Waals surface area contributed by atoms with E-state index in [1.807, 2.05) is 43.3 Å². The van der Waals surface area contributed by atoms with E-state index in [9.17, 15) is 4.79 Å². The Labute approximate surface area is 191 Å². The number of nitrogens with one attached hydrogen (secondary N) is 2. The number of imidazole rings is 1. The average Bonchev–Trinajstić information content (AvgIpc) is 3.48. The molecule has 0 aliphatic carbocycles. The molecule has 2 N–H and O–H groups in total. The van der Waals surface area contributed by atoms with Crippen LogP contribution in [0, 0.1) is 0 Å². The molecule has 0 saturated heterocycles. The standard InChI is InChI=1S/C24H27N5O4/c1-15(23-26-17-7-5-6-8-20(17)29(23)11-12-31-2)25-24(30)19-14-18(27-28-19)16-9-10-21(32-3)22(13-16)33-4/h5-10,13-15H,11-12H2,1-4H3,(H,25,30)(H,27,28)/t15-/m0/s1. The Morgan fingerprint density at radius 2 is 1.88 bits per heavy atom. The lowest BCUT2D eigenvalue weighted by Gasteiger charge is -2.15. The zero-order valence-corrected chi connectivity index (χ0v) is 19.1. The largest absolute Gasteiger partial charge is 0.493 e. The van der Waals surface area contributed by atoms with Crippen molar-refractivity contribution in [3.63, 3.8) is 0 Å². The van der Waals surface area contributed by atoms with Crippen LogP contribution in [-0.2, 0) is 11.3 Å². The number of hydrogen-bond donors (Lipinski definition) is 2. The van der Waals surface area contributed by atoms with Crippen molar-refractivity contribution < 1.29 is 19.0 Å². The van der Waals surface area contributed by atoms with Crippen LogP contribution in [0.3, 0.4) is 0 Å². The lowest BCUT2D eigenvalue weighted by molar-refractivity contribution is 0.0932. The van der Waals surface area contributed by atoms with Gasteiger partial charge in [-0.15, -0.1) is 0 Å². The Morgan fingerprint density at radius 3 is 2.64 bits per heavy atom. The highest BCUT2D eigenvalue weighted by Gasteiger charge is 2.20. The first-order valence-corrected chi connectivity index (χ1v) is 10.6. The van der Waals surface area contributed by atoms with Crippen molar-refractivity contribution in [1.29, 1.82) is 0 Å². The smallest absolute Gasteiger partial charge is 0.269 e. The molecule has 172 valence electrons. The van der Waals surface area contributed by atoms with E-state index in [-0.39, 0.29) is 11.9 Å². The number of carbonyl (C=O) groups is 1. The number of benzene rings is 2. The summed E-state index contributed by atoms with van der Waals surface area (Å²) in [7, 11) is 4.82. The molecule has 0 aliphatic rings. The number of hydrogen-bond acceptors (Lipinski definition) is 6. The number of amides is 1. The molecule has 1 atom stereocenters. The van der Waals surface area contributed by atoms with Crippen molar-refractivity contribution >= 4 is 16.9 Å². The first-order chi connectivity index (χ1) is 16.0. The highest BCUT2D eigenvalue weighted by molar-refractivity contribution is 5.93. The molecule has 0 spiro atoms. The molecule has 2 aromatic heterocycles. The van der Waals surface area contributed by atoms with Crippen LogP contribution >= 0.6 is 0 Å². The van der Waals surface area contributed by atoms with Crippen molar-refractivity contribution in [2.24, 2.45) is 0 Å². The molecule has 2 heterocycles. The van der Waals surface area contributed by atoms with E-state index in [1.165, 1.54) is 0 Å². The van der Waals surface area contributed by atoms with Gasteiger partial charge in [0.1, 0.15) is 11.5 Å². The zero-order chi connectivity index (χ0) is 23.4.